The Morgan fingerprint density at radius 2 is 1.95 bits per heavy atom. The molecule has 0 spiro atoms. The van der Waals surface area contributed by atoms with Crippen LogP contribution in [0.1, 0.15) is 15.9 Å². The highest BCUT2D eigenvalue weighted by atomic mass is 35.5. The van der Waals surface area contributed by atoms with E-state index in [1.165, 1.54) is 12.1 Å². The Morgan fingerprint density at radius 3 is 2.58 bits per heavy atom. The molecule has 0 atom stereocenters. The second kappa shape index (κ2) is 5.16. The molecule has 1 aromatic heterocycles. The van der Waals surface area contributed by atoms with Gasteiger partial charge >= 0.3 is 11.9 Å². The monoisotopic (exact) mass is 279 g/mol. The van der Waals surface area contributed by atoms with E-state index in [9.17, 15) is 9.59 Å². The molecule has 0 aliphatic carbocycles. The molecule has 98 valence electrons. The highest BCUT2D eigenvalue weighted by Crippen LogP contribution is 2.20. The summed E-state index contributed by atoms with van der Waals surface area (Å²) in [5.74, 6) is -2.02. The third-order valence-corrected chi connectivity index (χ3v) is 2.92. The zero-order valence-corrected chi connectivity index (χ0v) is 10.5. The van der Waals surface area contributed by atoms with Crippen molar-refractivity contribution in [3.05, 3.63) is 52.8 Å². The maximum atomic E-state index is 11.0. The van der Waals surface area contributed by atoms with Gasteiger partial charge in [0.2, 0.25) is 0 Å². The molecule has 2 aromatic rings. The molecule has 19 heavy (non-hydrogen) atoms. The average molecular weight is 280 g/mol. The van der Waals surface area contributed by atoms with Gasteiger partial charge in [0.1, 0.15) is 0 Å². The number of hydrogen-bond donors (Lipinski definition) is 2. The number of carboxylic acids is 2. The molecule has 6 heteroatoms. The first kappa shape index (κ1) is 13.2. The summed E-state index contributed by atoms with van der Waals surface area (Å²) >= 11 is 5.78. The number of rotatable bonds is 4. The smallest absolute Gasteiger partial charge is 0.337 e. The molecule has 0 amide bonds. The number of hydrogen-bond acceptors (Lipinski definition) is 2. The van der Waals surface area contributed by atoms with Gasteiger partial charge in [0.05, 0.1) is 17.0 Å². The van der Waals surface area contributed by atoms with Gasteiger partial charge in [-0.3, -0.25) is 4.79 Å². The first-order valence-corrected chi connectivity index (χ1v) is 5.77. The summed E-state index contributed by atoms with van der Waals surface area (Å²) in [5, 5.41) is 17.8. The second-order valence-corrected chi connectivity index (χ2v) is 4.37. The normalized spacial score (nSPS) is 10.4. The molecule has 2 rings (SSSR count). The zero-order chi connectivity index (χ0) is 14.0. The number of aromatic nitrogens is 1. The van der Waals surface area contributed by atoms with Gasteiger partial charge in [0.15, 0.2) is 0 Å². The number of carboxylic acid groups (broad SMARTS) is 2. The predicted molar refractivity (Wildman–Crippen MR) is 69.1 cm³/mol. The van der Waals surface area contributed by atoms with Gasteiger partial charge in [-0.05, 0) is 29.8 Å². The largest absolute Gasteiger partial charge is 0.481 e. The average Bonchev–Trinajstić information content (AvgIpc) is 2.76. The third-order valence-electron chi connectivity index (χ3n) is 2.59. The van der Waals surface area contributed by atoms with Crippen molar-refractivity contribution in [1.29, 1.82) is 0 Å². The predicted octanol–water partition coefficient (Wildman–Crippen LogP) is 2.46. The lowest BCUT2D eigenvalue weighted by Crippen LogP contribution is -2.01. The van der Waals surface area contributed by atoms with E-state index in [-0.39, 0.29) is 17.0 Å². The van der Waals surface area contributed by atoms with E-state index in [0.717, 1.165) is 0 Å². The van der Waals surface area contributed by atoms with Crippen molar-refractivity contribution in [2.24, 2.45) is 0 Å². The van der Waals surface area contributed by atoms with Crippen LogP contribution in [0.4, 0.5) is 0 Å². The number of aromatic carboxylic acids is 1. The summed E-state index contributed by atoms with van der Waals surface area (Å²) < 4.78 is 1.65. The summed E-state index contributed by atoms with van der Waals surface area (Å²) in [4.78, 5) is 21.6. The quantitative estimate of drug-likeness (QED) is 0.901. The highest BCUT2D eigenvalue weighted by Gasteiger charge is 2.10. The van der Waals surface area contributed by atoms with E-state index >= 15 is 0 Å². The highest BCUT2D eigenvalue weighted by molar-refractivity contribution is 6.33. The molecule has 1 aromatic carbocycles. The first-order chi connectivity index (χ1) is 8.97. The van der Waals surface area contributed by atoms with E-state index in [4.69, 9.17) is 21.8 Å². The van der Waals surface area contributed by atoms with Crippen molar-refractivity contribution in [3.8, 4) is 5.69 Å². The Bertz CT molecular complexity index is 648. The Kier molecular flexibility index (Phi) is 3.57. The molecule has 2 N–H and O–H groups in total. The molecule has 1 heterocycles. The second-order valence-electron chi connectivity index (χ2n) is 3.97. The minimum atomic E-state index is -1.11. The zero-order valence-electron chi connectivity index (χ0n) is 9.71. The van der Waals surface area contributed by atoms with E-state index in [1.807, 2.05) is 0 Å². The van der Waals surface area contributed by atoms with Gasteiger partial charge in [0.25, 0.3) is 0 Å². The van der Waals surface area contributed by atoms with Crippen LogP contribution in [0.5, 0.6) is 0 Å². The molecule has 0 aliphatic rings. The minimum absolute atomic E-state index is 0.00708. The Labute approximate surface area is 113 Å². The third kappa shape index (κ3) is 2.95. The van der Waals surface area contributed by atoms with E-state index in [2.05, 4.69) is 0 Å². The Morgan fingerprint density at radius 1 is 1.21 bits per heavy atom. The summed E-state index contributed by atoms with van der Waals surface area (Å²) in [6.07, 6.45) is 3.24. The molecule has 0 unspecified atom stereocenters. The summed E-state index contributed by atoms with van der Waals surface area (Å²) in [6, 6.07) is 6.27. The molecular weight excluding hydrogens is 270 g/mol. The van der Waals surface area contributed by atoms with E-state index in [1.54, 1.807) is 29.1 Å². The van der Waals surface area contributed by atoms with Crippen LogP contribution in [0.2, 0.25) is 5.02 Å². The van der Waals surface area contributed by atoms with Gasteiger partial charge in [0, 0.05) is 18.1 Å². The SMILES string of the molecule is O=C(O)Cc1ccn(-c2ccc(Cl)c(C(=O)O)c2)c1. The minimum Gasteiger partial charge on any atom is -0.481 e. The molecule has 0 saturated carbocycles. The lowest BCUT2D eigenvalue weighted by Gasteiger charge is -2.05. The van der Waals surface area contributed by atoms with Gasteiger partial charge in [-0.15, -0.1) is 0 Å². The van der Waals surface area contributed by atoms with Crippen molar-refractivity contribution in [2.45, 2.75) is 6.42 Å². The van der Waals surface area contributed by atoms with Crippen molar-refractivity contribution in [2.75, 3.05) is 0 Å². The van der Waals surface area contributed by atoms with E-state index < -0.39 is 11.9 Å². The fourth-order valence-corrected chi connectivity index (χ4v) is 1.92. The maximum absolute atomic E-state index is 11.0. The number of carbonyl (C=O) groups is 2. The Hall–Kier alpha value is -2.27. The molecule has 0 fully saturated rings. The summed E-state index contributed by atoms with van der Waals surface area (Å²) in [7, 11) is 0. The van der Waals surface area contributed by atoms with Crippen LogP contribution in [0.25, 0.3) is 5.69 Å². The molecule has 0 saturated heterocycles. The van der Waals surface area contributed by atoms with Crippen molar-refractivity contribution in [1.82, 2.24) is 4.57 Å². The topological polar surface area (TPSA) is 79.5 Å². The Balaban J connectivity index is 2.36. The van der Waals surface area contributed by atoms with Crippen molar-refractivity contribution < 1.29 is 19.8 Å². The van der Waals surface area contributed by atoms with Crippen molar-refractivity contribution in [3.63, 3.8) is 0 Å². The van der Waals surface area contributed by atoms with Crippen LogP contribution >= 0.6 is 11.6 Å². The molecule has 0 radical (unpaired) electrons. The van der Waals surface area contributed by atoms with Crippen LogP contribution in [0, 0.1) is 0 Å². The summed E-state index contributed by atoms with van der Waals surface area (Å²) in [5.41, 5.74) is 1.26. The van der Waals surface area contributed by atoms with Gasteiger partial charge in [-0.2, -0.15) is 0 Å². The van der Waals surface area contributed by atoms with Gasteiger partial charge in [-0.25, -0.2) is 4.79 Å². The van der Waals surface area contributed by atoms with E-state index in [0.29, 0.717) is 11.3 Å². The number of nitrogens with zero attached hydrogens (tertiary/aromatic N) is 1. The lowest BCUT2D eigenvalue weighted by molar-refractivity contribution is -0.136. The number of halogens is 1. The van der Waals surface area contributed by atoms with Crippen molar-refractivity contribution >= 4 is 23.5 Å². The summed E-state index contributed by atoms with van der Waals surface area (Å²) in [6.45, 7) is 0. The number of aliphatic carboxylic acids is 1. The lowest BCUT2D eigenvalue weighted by atomic mass is 10.2. The van der Waals surface area contributed by atoms with Crippen LogP contribution in [0.3, 0.4) is 0 Å². The fourth-order valence-electron chi connectivity index (χ4n) is 1.72. The van der Waals surface area contributed by atoms with Crippen LogP contribution < -0.4 is 0 Å². The van der Waals surface area contributed by atoms with Gasteiger partial charge in [-0.1, -0.05) is 11.6 Å². The molecule has 0 bridgehead atoms. The maximum Gasteiger partial charge on any atom is 0.337 e. The molecule has 5 nitrogen and oxygen atoms in total. The fraction of sp³-hybridized carbons (Fsp3) is 0.0769. The van der Waals surface area contributed by atoms with Crippen LogP contribution in [0.15, 0.2) is 36.7 Å². The number of benzene rings is 1. The standard InChI is InChI=1S/C13H10ClNO4/c14-11-2-1-9(6-10(11)13(18)19)15-4-3-8(7-15)5-12(16)17/h1-4,6-7H,5H2,(H,16,17)(H,18,19). The van der Waals surface area contributed by atoms with Gasteiger partial charge < -0.3 is 14.8 Å². The molecular formula is C13H10ClNO4. The van der Waals surface area contributed by atoms with Crippen LogP contribution in [-0.4, -0.2) is 26.7 Å². The van der Waals surface area contributed by atoms with Crippen LogP contribution in [-0.2, 0) is 11.2 Å². The first-order valence-electron chi connectivity index (χ1n) is 5.39. The molecule has 0 aliphatic heterocycles.